The van der Waals surface area contributed by atoms with E-state index in [4.69, 9.17) is 27.7 Å². The van der Waals surface area contributed by atoms with Crippen LogP contribution in [0.5, 0.6) is 5.75 Å². The van der Waals surface area contributed by atoms with Crippen LogP contribution in [-0.2, 0) is 0 Å². The number of alkyl halides is 2. The van der Waals surface area contributed by atoms with Crippen molar-refractivity contribution in [1.29, 1.82) is 0 Å². The number of benzene rings is 1. The van der Waals surface area contributed by atoms with Crippen LogP contribution >= 0.6 is 41.2 Å². The molecule has 0 spiro atoms. The third-order valence-electron chi connectivity index (χ3n) is 2.51. The number of aromatic nitrogens is 2. The predicted molar refractivity (Wildman–Crippen MR) is 97.2 cm³/mol. The topological polar surface area (TPSA) is 47.0 Å². The van der Waals surface area contributed by atoms with Crippen molar-refractivity contribution in [2.45, 2.75) is 6.43 Å². The molecule has 0 aliphatic carbocycles. The van der Waals surface area contributed by atoms with E-state index >= 15 is 0 Å². The maximum absolute atomic E-state index is 12.8. The molecule has 0 saturated carbocycles. The molecule has 2 rings (SSSR count). The molecule has 1 unspecified atom stereocenters. The maximum atomic E-state index is 12.8. The van der Waals surface area contributed by atoms with Crippen molar-refractivity contribution in [3.8, 4) is 5.75 Å². The highest BCUT2D eigenvalue weighted by Gasteiger charge is 2.14. The van der Waals surface area contributed by atoms with Gasteiger partial charge < -0.3 is 9.84 Å². The van der Waals surface area contributed by atoms with Gasteiger partial charge in [-0.25, -0.2) is 13.8 Å². The van der Waals surface area contributed by atoms with Crippen LogP contribution in [0.3, 0.4) is 0 Å². The van der Waals surface area contributed by atoms with Gasteiger partial charge in [0.2, 0.25) is 5.28 Å². The molecule has 0 saturated heterocycles. The van der Waals surface area contributed by atoms with E-state index < -0.39 is 14.6 Å². The molecule has 0 radical (unpaired) electrons. The first-order chi connectivity index (χ1) is 10.4. The molecular formula is C13H15Cl2F2N3OP2. The van der Waals surface area contributed by atoms with Crippen molar-refractivity contribution in [3.63, 3.8) is 0 Å². The van der Waals surface area contributed by atoms with Crippen LogP contribution in [0.1, 0.15) is 12.0 Å². The summed E-state index contributed by atoms with van der Waals surface area (Å²) >= 11 is 11.7. The summed E-state index contributed by atoms with van der Waals surface area (Å²) < 4.78 is 31.3. The lowest BCUT2D eigenvalue weighted by molar-refractivity contribution is 0.151. The zero-order valence-corrected chi connectivity index (χ0v) is 16.2. The maximum Gasteiger partial charge on any atom is 0.263 e. The molecule has 4 nitrogen and oxygen atoms in total. The van der Waals surface area contributed by atoms with Gasteiger partial charge in [0.25, 0.3) is 6.43 Å². The smallest absolute Gasteiger partial charge is 0.263 e. The molecule has 0 fully saturated rings. The fraction of sp³-hybridized carbons (Fsp3) is 0.231. The van der Waals surface area contributed by atoms with E-state index in [0.717, 1.165) is 0 Å². The summed E-state index contributed by atoms with van der Waals surface area (Å²) in [5.74, 6) is 0.576. The first-order valence-corrected chi connectivity index (χ1v) is 9.00. The van der Waals surface area contributed by atoms with Crippen LogP contribution in [0, 0.1) is 0 Å². The quantitative estimate of drug-likeness (QED) is 0.528. The highest BCUT2D eigenvalue weighted by molar-refractivity contribution is 7.51. The summed E-state index contributed by atoms with van der Waals surface area (Å²) in [7, 11) is -0.790. The third-order valence-corrected chi connectivity index (χ3v) is 3.53. The van der Waals surface area contributed by atoms with Crippen molar-refractivity contribution in [2.24, 2.45) is 0 Å². The van der Waals surface area contributed by atoms with Crippen molar-refractivity contribution in [1.82, 2.24) is 9.97 Å². The average molecular weight is 400 g/mol. The highest BCUT2D eigenvalue weighted by atomic mass is 35.5. The van der Waals surface area contributed by atoms with Crippen molar-refractivity contribution < 1.29 is 13.3 Å². The molecule has 1 N–H and O–H groups in total. The Morgan fingerprint density at radius 1 is 1.26 bits per heavy atom. The Labute approximate surface area is 147 Å². The van der Waals surface area contributed by atoms with Crippen molar-refractivity contribution >= 4 is 52.8 Å². The first-order valence-electron chi connectivity index (χ1n) is 6.09. The standard InChI is InChI=1S/C13H12Cl2F2N3OP.H3P/c1-22(2)21-10-5-7(11(16)17)3-4-9(10)19-12-8(14)6-18-13(15)20-12;/h3-6,11H,1-2H3,(H,18,19,20);1H3. The fourth-order valence-electron chi connectivity index (χ4n) is 1.61. The molecule has 0 aliphatic rings. The Kier molecular flexibility index (Phi) is 7.82. The average Bonchev–Trinajstić information content (AvgIpc) is 2.44. The Hall–Kier alpha value is -0.800. The molecule has 0 amide bonds. The van der Waals surface area contributed by atoms with Crippen molar-refractivity contribution in [2.75, 3.05) is 18.6 Å². The molecule has 126 valence electrons. The van der Waals surface area contributed by atoms with E-state index in [1.54, 1.807) is 0 Å². The molecule has 0 bridgehead atoms. The second-order valence-corrected chi connectivity index (χ2v) is 6.97. The molecule has 0 aliphatic heterocycles. The Morgan fingerprint density at radius 3 is 2.57 bits per heavy atom. The van der Waals surface area contributed by atoms with Crippen LogP contribution in [0.25, 0.3) is 0 Å². The zero-order valence-electron chi connectivity index (χ0n) is 12.4. The van der Waals surface area contributed by atoms with E-state index in [2.05, 4.69) is 15.3 Å². The van der Waals surface area contributed by atoms with Gasteiger partial charge in [-0.05, 0) is 37.1 Å². The second-order valence-electron chi connectivity index (χ2n) is 4.42. The monoisotopic (exact) mass is 399 g/mol. The van der Waals surface area contributed by atoms with Gasteiger partial charge in [-0.2, -0.15) is 14.9 Å². The minimum absolute atomic E-state index is 0. The molecule has 1 atom stereocenters. The van der Waals surface area contributed by atoms with Gasteiger partial charge in [0.15, 0.2) is 5.82 Å². The summed E-state index contributed by atoms with van der Waals surface area (Å²) in [6.07, 6.45) is -1.23. The summed E-state index contributed by atoms with van der Waals surface area (Å²) in [4.78, 5) is 7.70. The summed E-state index contributed by atoms with van der Waals surface area (Å²) in [6.45, 7) is 3.73. The lowest BCUT2D eigenvalue weighted by atomic mass is 10.2. The molecule has 23 heavy (non-hydrogen) atoms. The fourth-order valence-corrected chi connectivity index (χ4v) is 2.43. The molecule has 1 heterocycles. The minimum atomic E-state index is -2.58. The van der Waals surface area contributed by atoms with Gasteiger partial charge in [-0.3, -0.25) is 0 Å². The van der Waals surface area contributed by atoms with Crippen LogP contribution < -0.4 is 9.84 Å². The second kappa shape index (κ2) is 8.89. The number of anilines is 2. The Balaban J connectivity index is 0.00000264. The van der Waals surface area contributed by atoms with E-state index in [-0.39, 0.29) is 31.6 Å². The number of hydrogen-bond acceptors (Lipinski definition) is 4. The molecule has 1 aromatic carbocycles. The normalized spacial score (nSPS) is 10.6. The highest BCUT2D eigenvalue weighted by Crippen LogP contribution is 2.39. The molecular weight excluding hydrogens is 385 g/mol. The Bertz CT molecular complexity index is 678. The number of rotatable bonds is 5. The summed E-state index contributed by atoms with van der Waals surface area (Å²) in [5.41, 5.74) is 0.349. The third kappa shape index (κ3) is 5.65. The van der Waals surface area contributed by atoms with Gasteiger partial charge in [-0.1, -0.05) is 17.7 Å². The van der Waals surface area contributed by atoms with Crippen LogP contribution in [0.2, 0.25) is 10.3 Å². The lowest BCUT2D eigenvalue weighted by Crippen LogP contribution is -1.99. The van der Waals surface area contributed by atoms with Gasteiger partial charge in [-0.15, -0.1) is 0 Å². The predicted octanol–water partition coefficient (Wildman–Crippen LogP) is 5.56. The van der Waals surface area contributed by atoms with Gasteiger partial charge in [0, 0.05) is 5.56 Å². The SMILES string of the molecule is CP(C)Oc1cc(C(F)F)ccc1Nc1nc(Cl)ncc1Cl.P. The zero-order chi connectivity index (χ0) is 16.3. The lowest BCUT2D eigenvalue weighted by Gasteiger charge is -2.16. The van der Waals surface area contributed by atoms with E-state index in [1.807, 2.05) is 13.3 Å². The van der Waals surface area contributed by atoms with Gasteiger partial charge in [0.1, 0.15) is 10.8 Å². The van der Waals surface area contributed by atoms with Gasteiger partial charge in [0.05, 0.1) is 20.0 Å². The van der Waals surface area contributed by atoms with Crippen LogP contribution in [-0.4, -0.2) is 23.3 Å². The number of nitrogens with one attached hydrogen (secondary N) is 1. The Morgan fingerprint density at radius 2 is 1.96 bits per heavy atom. The number of halogens is 4. The summed E-state index contributed by atoms with van der Waals surface area (Å²) in [5, 5.41) is 3.20. The molecule has 10 heteroatoms. The van der Waals surface area contributed by atoms with Gasteiger partial charge >= 0.3 is 0 Å². The number of hydrogen-bond donors (Lipinski definition) is 1. The minimum Gasteiger partial charge on any atom is -0.472 e. The molecule has 1 aromatic heterocycles. The first kappa shape index (κ1) is 20.2. The van der Waals surface area contributed by atoms with E-state index in [9.17, 15) is 8.78 Å². The largest absolute Gasteiger partial charge is 0.472 e. The van der Waals surface area contributed by atoms with Crippen molar-refractivity contribution in [3.05, 3.63) is 40.3 Å². The summed E-state index contributed by atoms with van der Waals surface area (Å²) in [6, 6.07) is 4.10. The molecule has 2 aromatic rings. The van der Waals surface area contributed by atoms with Crippen LogP contribution in [0.15, 0.2) is 24.4 Å². The van der Waals surface area contributed by atoms with Crippen LogP contribution in [0.4, 0.5) is 20.3 Å². The number of nitrogens with zero attached hydrogens (tertiary/aromatic N) is 2. The van der Waals surface area contributed by atoms with E-state index in [1.165, 1.54) is 24.4 Å². The van der Waals surface area contributed by atoms with E-state index in [0.29, 0.717) is 11.4 Å².